The molecule has 0 aliphatic rings. The van der Waals surface area contributed by atoms with Crippen molar-refractivity contribution in [2.45, 2.75) is 0 Å². The predicted molar refractivity (Wildman–Crippen MR) is 0 cm³/mol. The third kappa shape index (κ3) is 9.33. The molecule has 0 fully saturated rings. The second kappa shape index (κ2) is 15.8. The van der Waals surface area contributed by atoms with Crippen LogP contribution in [0.2, 0.25) is 0 Å². The molecule has 4 heavy (non-hydrogen) atoms. The first-order valence-electron chi connectivity index (χ1n) is 0. The quantitative estimate of drug-likeness (QED) is 0.528. The van der Waals surface area contributed by atoms with E-state index in [9.17, 15) is 0 Å². The van der Waals surface area contributed by atoms with Crippen molar-refractivity contribution in [3.63, 3.8) is 0 Å². The van der Waals surface area contributed by atoms with Gasteiger partial charge in [0.15, 0.2) is 0 Å². The van der Waals surface area contributed by atoms with Gasteiger partial charge in [0.2, 0.25) is 0 Å². The van der Waals surface area contributed by atoms with Crippen molar-refractivity contribution in [2.24, 2.45) is 0 Å². The van der Waals surface area contributed by atoms with Gasteiger partial charge in [-0.25, -0.2) is 0 Å². The number of hydrogen-bond acceptors (Lipinski definition) is 0. The summed E-state index contributed by atoms with van der Waals surface area (Å²) in [6, 6.07) is 0. The fourth-order valence-corrected chi connectivity index (χ4v) is 0. The van der Waals surface area contributed by atoms with Crippen molar-refractivity contribution in [1.82, 2.24) is 0 Å². The maximum Gasteiger partial charge on any atom is 0 e. The summed E-state index contributed by atoms with van der Waals surface area (Å²) in [5.74, 6) is 0. The van der Waals surface area contributed by atoms with Crippen molar-refractivity contribution in [3.05, 3.63) is 0 Å². The molecule has 0 bridgehead atoms. The van der Waals surface area contributed by atoms with Crippen LogP contribution in [0.4, 0.5) is 0 Å². The fourth-order valence-electron chi connectivity index (χ4n) is 0. The zero-order valence-corrected chi connectivity index (χ0v) is 12.3. The van der Waals surface area contributed by atoms with Gasteiger partial charge in [-0.1, -0.05) is 0 Å². The molecular weight excluding hydrogens is 368 g/mol. The molecule has 0 heterocycles. The first-order chi connectivity index (χ1) is 0. The Morgan fingerprint density at radius 1 is 0.500 bits per heavy atom. The summed E-state index contributed by atoms with van der Waals surface area (Å²) < 4.78 is 0. The Balaban J connectivity index is 0. The first kappa shape index (κ1) is 24.6. The molecular formula is RuY3. The normalized spacial score (nSPS) is 0. The summed E-state index contributed by atoms with van der Waals surface area (Å²) in [4.78, 5) is 0. The smallest absolute Gasteiger partial charge is 0 e. The van der Waals surface area contributed by atoms with Gasteiger partial charge in [-0.3, -0.25) is 0 Å². The maximum absolute atomic E-state index is 0. The second-order valence-electron chi connectivity index (χ2n) is 0. The van der Waals surface area contributed by atoms with Gasteiger partial charge in [-0.2, -0.15) is 0 Å². The van der Waals surface area contributed by atoms with E-state index < -0.39 is 0 Å². The molecule has 0 aromatic carbocycles. The zero-order chi connectivity index (χ0) is 0. The van der Waals surface area contributed by atoms with E-state index in [1.807, 2.05) is 0 Å². The molecule has 0 spiro atoms. The van der Waals surface area contributed by atoms with Crippen LogP contribution >= 0.6 is 0 Å². The second-order valence-corrected chi connectivity index (χ2v) is 0. The zero-order valence-electron chi connectivity index (χ0n) is 2.09. The largest absolute Gasteiger partial charge is 0 e. The summed E-state index contributed by atoms with van der Waals surface area (Å²) >= 11 is 0. The minimum Gasteiger partial charge on any atom is 0 e. The summed E-state index contributed by atoms with van der Waals surface area (Å²) in [6.45, 7) is 0. The molecule has 17 valence electrons. The van der Waals surface area contributed by atoms with Crippen molar-refractivity contribution in [2.75, 3.05) is 0 Å². The monoisotopic (exact) mass is 369 g/mol. The summed E-state index contributed by atoms with van der Waals surface area (Å²) in [5, 5.41) is 0. The van der Waals surface area contributed by atoms with Gasteiger partial charge in [0.25, 0.3) is 0 Å². The van der Waals surface area contributed by atoms with Crippen molar-refractivity contribution in [1.29, 1.82) is 0 Å². The van der Waals surface area contributed by atoms with Crippen LogP contribution in [-0.2, 0) is 118 Å². The molecule has 0 aromatic heterocycles. The standard InChI is InChI=1S/Ru.3Y. The van der Waals surface area contributed by atoms with Crippen molar-refractivity contribution >= 4 is 0 Å². The van der Waals surface area contributed by atoms with Gasteiger partial charge >= 0.3 is 0 Å². The van der Waals surface area contributed by atoms with E-state index in [4.69, 9.17) is 0 Å². The molecule has 4 heteroatoms. The van der Waals surface area contributed by atoms with Crippen LogP contribution < -0.4 is 0 Å². The molecule has 0 aliphatic heterocycles. The average molecular weight is 368 g/mol. The van der Waals surface area contributed by atoms with Gasteiger partial charge in [0.05, 0.1) is 0 Å². The molecule has 0 saturated carbocycles. The third-order valence-electron chi connectivity index (χ3n) is 0. The van der Waals surface area contributed by atoms with Crippen LogP contribution in [0.15, 0.2) is 0 Å². The van der Waals surface area contributed by atoms with E-state index in [2.05, 4.69) is 0 Å². The number of rotatable bonds is 0. The molecule has 0 amide bonds. The van der Waals surface area contributed by atoms with E-state index in [1.165, 1.54) is 0 Å². The molecule has 0 atom stereocenters. The molecule has 0 aliphatic carbocycles. The van der Waals surface area contributed by atoms with E-state index in [0.29, 0.717) is 0 Å². The molecule has 0 aromatic rings. The summed E-state index contributed by atoms with van der Waals surface area (Å²) in [7, 11) is 0. The summed E-state index contributed by atoms with van der Waals surface area (Å²) in [6.07, 6.45) is 0. The topological polar surface area (TPSA) is 0 Å². The first-order valence-corrected chi connectivity index (χ1v) is 0. The van der Waals surface area contributed by atoms with Crippen molar-refractivity contribution in [3.8, 4) is 0 Å². The van der Waals surface area contributed by atoms with Crippen LogP contribution in [0, 0.1) is 0 Å². The van der Waals surface area contributed by atoms with Gasteiger partial charge in [0, 0.05) is 118 Å². The number of hydrogen-bond donors (Lipinski definition) is 0. The van der Waals surface area contributed by atoms with Crippen LogP contribution in [0.25, 0.3) is 0 Å². The van der Waals surface area contributed by atoms with E-state index in [1.54, 1.807) is 0 Å². The van der Waals surface area contributed by atoms with Gasteiger partial charge in [0.1, 0.15) is 0 Å². The van der Waals surface area contributed by atoms with Crippen LogP contribution in [0.5, 0.6) is 0 Å². The van der Waals surface area contributed by atoms with E-state index in [-0.39, 0.29) is 118 Å². The predicted octanol–water partition coefficient (Wildman–Crippen LogP) is -0.0100. The molecule has 0 nitrogen and oxygen atoms in total. The Kier molecular flexibility index (Phi) is 97.2. The Bertz CT molecular complexity index is 3.25. The van der Waals surface area contributed by atoms with E-state index in [0.717, 1.165) is 0 Å². The van der Waals surface area contributed by atoms with Crippen LogP contribution in [-0.4, -0.2) is 0 Å². The Morgan fingerprint density at radius 3 is 0.500 bits per heavy atom. The Labute approximate surface area is 114 Å². The Hall–Kier alpha value is 3.94. The van der Waals surface area contributed by atoms with Gasteiger partial charge < -0.3 is 0 Å². The fraction of sp³-hybridized carbons (Fsp3) is 0. The molecule has 0 unspecified atom stereocenters. The minimum atomic E-state index is 0. The van der Waals surface area contributed by atoms with Crippen molar-refractivity contribution < 1.29 is 118 Å². The molecule has 0 rings (SSSR count). The van der Waals surface area contributed by atoms with Crippen LogP contribution in [0.3, 0.4) is 0 Å². The van der Waals surface area contributed by atoms with E-state index >= 15 is 0 Å². The SMILES string of the molecule is [Ru].[Y].[Y].[Y]. The molecule has 0 N–H and O–H groups in total. The summed E-state index contributed by atoms with van der Waals surface area (Å²) in [5.41, 5.74) is 0. The van der Waals surface area contributed by atoms with Gasteiger partial charge in [-0.15, -0.1) is 0 Å². The van der Waals surface area contributed by atoms with Crippen LogP contribution in [0.1, 0.15) is 0 Å². The Morgan fingerprint density at radius 2 is 0.500 bits per heavy atom. The molecule has 3 radical (unpaired) electrons. The minimum absolute atomic E-state index is 0. The molecule has 0 saturated heterocycles. The van der Waals surface area contributed by atoms with Gasteiger partial charge in [-0.05, 0) is 0 Å². The third-order valence-corrected chi connectivity index (χ3v) is 0. The maximum atomic E-state index is 0. The average Bonchev–Trinajstić information content (AvgIpc) is 0.